The number of sulfonamides is 1. The van der Waals surface area contributed by atoms with Gasteiger partial charge in [-0.3, -0.25) is 15.6 Å². The third-order valence-corrected chi connectivity index (χ3v) is 4.55. The van der Waals surface area contributed by atoms with Crippen LogP contribution in [-0.2, 0) is 10.0 Å². The van der Waals surface area contributed by atoms with Gasteiger partial charge < -0.3 is 0 Å². The molecule has 0 aliphatic heterocycles. The Morgan fingerprint density at radius 1 is 1.16 bits per heavy atom. The SMILES string of the molecule is C=CCNS(=O)(=O)c1ccc(C(=O)NNc2nc(C)cc(C)n2)cc1. The first-order valence-electron chi connectivity index (χ1n) is 7.41. The van der Waals surface area contributed by atoms with Crippen LogP contribution in [0.5, 0.6) is 0 Å². The molecule has 0 bridgehead atoms. The molecule has 9 heteroatoms. The van der Waals surface area contributed by atoms with Gasteiger partial charge in [0, 0.05) is 23.5 Å². The number of hydrogen-bond donors (Lipinski definition) is 3. The first kappa shape index (κ1) is 18.6. The van der Waals surface area contributed by atoms with E-state index in [-0.39, 0.29) is 17.4 Å². The number of hydrazine groups is 1. The molecule has 0 fully saturated rings. The van der Waals surface area contributed by atoms with E-state index in [2.05, 4.69) is 32.1 Å². The molecule has 132 valence electrons. The lowest BCUT2D eigenvalue weighted by Crippen LogP contribution is -2.30. The van der Waals surface area contributed by atoms with Crippen molar-refractivity contribution in [3.8, 4) is 0 Å². The Morgan fingerprint density at radius 3 is 2.32 bits per heavy atom. The summed E-state index contributed by atoms with van der Waals surface area (Å²) in [6.07, 6.45) is 1.44. The maximum atomic E-state index is 12.1. The molecule has 25 heavy (non-hydrogen) atoms. The number of rotatable bonds is 7. The quantitative estimate of drug-likeness (QED) is 0.506. The van der Waals surface area contributed by atoms with Crippen LogP contribution in [0.15, 0.2) is 47.9 Å². The second-order valence-corrected chi connectivity index (χ2v) is 6.99. The standard InChI is InChI=1S/C16H19N5O3S/c1-4-9-17-25(23,24)14-7-5-13(6-8-14)15(22)20-21-16-18-11(2)10-12(3)19-16/h4-8,10,17H,1,9H2,2-3H3,(H,20,22)(H,18,19,21). The van der Waals surface area contributed by atoms with Crippen molar-refractivity contribution >= 4 is 21.9 Å². The van der Waals surface area contributed by atoms with Crippen LogP contribution in [0.2, 0.25) is 0 Å². The van der Waals surface area contributed by atoms with E-state index in [1.165, 1.54) is 30.3 Å². The van der Waals surface area contributed by atoms with Gasteiger partial charge in [-0.2, -0.15) is 0 Å². The van der Waals surface area contributed by atoms with Gasteiger partial charge in [-0.15, -0.1) is 6.58 Å². The molecule has 3 N–H and O–H groups in total. The minimum Gasteiger partial charge on any atom is -0.267 e. The third kappa shape index (κ3) is 5.10. The molecule has 0 atom stereocenters. The highest BCUT2D eigenvalue weighted by Crippen LogP contribution is 2.10. The highest BCUT2D eigenvalue weighted by atomic mass is 32.2. The Balaban J connectivity index is 2.04. The number of carbonyl (C=O) groups excluding carboxylic acids is 1. The van der Waals surface area contributed by atoms with Crippen LogP contribution < -0.4 is 15.6 Å². The molecule has 1 heterocycles. The fraction of sp³-hybridized carbons (Fsp3) is 0.188. The van der Waals surface area contributed by atoms with E-state index in [0.717, 1.165) is 11.4 Å². The topological polar surface area (TPSA) is 113 Å². The van der Waals surface area contributed by atoms with Gasteiger partial charge >= 0.3 is 0 Å². The maximum Gasteiger partial charge on any atom is 0.269 e. The Kier molecular flexibility index (Phi) is 5.84. The fourth-order valence-electron chi connectivity index (χ4n) is 2.00. The van der Waals surface area contributed by atoms with Gasteiger partial charge in [-0.25, -0.2) is 23.1 Å². The van der Waals surface area contributed by atoms with Crippen molar-refractivity contribution in [2.75, 3.05) is 12.0 Å². The van der Waals surface area contributed by atoms with Crippen LogP contribution in [0.25, 0.3) is 0 Å². The number of benzene rings is 1. The molecule has 0 saturated carbocycles. The second kappa shape index (κ2) is 7.86. The molecule has 1 aromatic heterocycles. The summed E-state index contributed by atoms with van der Waals surface area (Å²) in [5, 5.41) is 0. The van der Waals surface area contributed by atoms with Crippen molar-refractivity contribution in [2.24, 2.45) is 0 Å². The Morgan fingerprint density at radius 2 is 1.76 bits per heavy atom. The molecule has 1 amide bonds. The number of aromatic nitrogens is 2. The average Bonchev–Trinajstić information content (AvgIpc) is 2.57. The summed E-state index contributed by atoms with van der Waals surface area (Å²) in [5.41, 5.74) is 6.93. The summed E-state index contributed by atoms with van der Waals surface area (Å²) < 4.78 is 26.3. The molecule has 0 spiro atoms. The Bertz CT molecular complexity index is 859. The number of hydrogen-bond acceptors (Lipinski definition) is 6. The van der Waals surface area contributed by atoms with Crippen molar-refractivity contribution in [2.45, 2.75) is 18.7 Å². The first-order chi connectivity index (χ1) is 11.8. The molecule has 0 aliphatic carbocycles. The summed E-state index contributed by atoms with van der Waals surface area (Å²) in [6, 6.07) is 7.36. The number of nitrogens with zero attached hydrogens (tertiary/aromatic N) is 2. The van der Waals surface area contributed by atoms with Crippen LogP contribution in [0, 0.1) is 13.8 Å². The molecule has 0 unspecified atom stereocenters. The molecule has 0 saturated heterocycles. The predicted octanol–water partition coefficient (Wildman–Crippen LogP) is 1.31. The van der Waals surface area contributed by atoms with Crippen LogP contribution in [0.3, 0.4) is 0 Å². The van der Waals surface area contributed by atoms with Crippen molar-refractivity contribution in [3.63, 3.8) is 0 Å². The Hall–Kier alpha value is -2.78. The Labute approximate surface area is 146 Å². The molecule has 1 aromatic carbocycles. The van der Waals surface area contributed by atoms with E-state index < -0.39 is 15.9 Å². The van der Waals surface area contributed by atoms with Crippen molar-refractivity contribution < 1.29 is 13.2 Å². The smallest absolute Gasteiger partial charge is 0.267 e. The number of aryl methyl sites for hydroxylation is 2. The lowest BCUT2D eigenvalue weighted by atomic mass is 10.2. The zero-order chi connectivity index (χ0) is 18.4. The maximum absolute atomic E-state index is 12.1. The summed E-state index contributed by atoms with van der Waals surface area (Å²) in [4.78, 5) is 20.5. The minimum absolute atomic E-state index is 0.0662. The molecular formula is C16H19N5O3S. The van der Waals surface area contributed by atoms with Gasteiger partial charge in [0.1, 0.15) is 0 Å². The van der Waals surface area contributed by atoms with Gasteiger partial charge in [0.15, 0.2) is 0 Å². The molecule has 0 aliphatic rings. The lowest BCUT2D eigenvalue weighted by Gasteiger charge is -2.09. The number of amides is 1. The summed E-state index contributed by atoms with van der Waals surface area (Å²) in [7, 11) is -3.62. The number of anilines is 1. The van der Waals surface area contributed by atoms with E-state index in [1.807, 2.05) is 19.9 Å². The van der Waals surface area contributed by atoms with Crippen LogP contribution in [-0.4, -0.2) is 30.8 Å². The normalized spacial score (nSPS) is 11.0. The average molecular weight is 361 g/mol. The summed E-state index contributed by atoms with van der Waals surface area (Å²) in [6.45, 7) is 7.22. The third-order valence-electron chi connectivity index (χ3n) is 3.11. The van der Waals surface area contributed by atoms with Crippen LogP contribution in [0.4, 0.5) is 5.95 Å². The van der Waals surface area contributed by atoms with E-state index in [1.54, 1.807) is 0 Å². The van der Waals surface area contributed by atoms with Gasteiger partial charge in [-0.1, -0.05) is 6.08 Å². The van der Waals surface area contributed by atoms with E-state index in [4.69, 9.17) is 0 Å². The van der Waals surface area contributed by atoms with E-state index in [0.29, 0.717) is 5.56 Å². The number of carbonyl (C=O) groups is 1. The molecule has 0 radical (unpaired) electrons. The molecule has 2 aromatic rings. The molecule has 2 rings (SSSR count). The fourth-order valence-corrected chi connectivity index (χ4v) is 3.00. The second-order valence-electron chi connectivity index (χ2n) is 5.22. The summed E-state index contributed by atoms with van der Waals surface area (Å²) >= 11 is 0. The van der Waals surface area contributed by atoms with Gasteiger partial charge in [0.25, 0.3) is 5.91 Å². The predicted molar refractivity (Wildman–Crippen MR) is 94.4 cm³/mol. The first-order valence-corrected chi connectivity index (χ1v) is 8.89. The zero-order valence-electron chi connectivity index (χ0n) is 13.9. The van der Waals surface area contributed by atoms with Gasteiger partial charge in [0.2, 0.25) is 16.0 Å². The van der Waals surface area contributed by atoms with Crippen LogP contribution >= 0.6 is 0 Å². The highest BCUT2D eigenvalue weighted by Gasteiger charge is 2.14. The van der Waals surface area contributed by atoms with Gasteiger partial charge in [0.05, 0.1) is 4.90 Å². The van der Waals surface area contributed by atoms with E-state index >= 15 is 0 Å². The van der Waals surface area contributed by atoms with E-state index in [9.17, 15) is 13.2 Å². The van der Waals surface area contributed by atoms with Crippen LogP contribution in [0.1, 0.15) is 21.7 Å². The zero-order valence-corrected chi connectivity index (χ0v) is 14.7. The monoisotopic (exact) mass is 361 g/mol. The van der Waals surface area contributed by atoms with Crippen molar-refractivity contribution in [1.82, 2.24) is 20.1 Å². The summed E-state index contributed by atoms with van der Waals surface area (Å²) in [5.74, 6) is -0.163. The molecular weight excluding hydrogens is 342 g/mol. The molecule has 8 nitrogen and oxygen atoms in total. The largest absolute Gasteiger partial charge is 0.269 e. The highest BCUT2D eigenvalue weighted by molar-refractivity contribution is 7.89. The van der Waals surface area contributed by atoms with Crippen molar-refractivity contribution in [3.05, 3.63) is 59.9 Å². The minimum atomic E-state index is -3.62. The number of nitrogens with one attached hydrogen (secondary N) is 3. The lowest BCUT2D eigenvalue weighted by molar-refractivity contribution is 0.0962. The van der Waals surface area contributed by atoms with Crippen molar-refractivity contribution in [1.29, 1.82) is 0 Å². The van der Waals surface area contributed by atoms with Gasteiger partial charge in [-0.05, 0) is 44.2 Å².